The molecule has 144 valence electrons. The lowest BCUT2D eigenvalue weighted by molar-refractivity contribution is 0.0600. The lowest BCUT2D eigenvalue weighted by Gasteiger charge is -2.07. The van der Waals surface area contributed by atoms with E-state index in [2.05, 4.69) is 34.7 Å². The molecule has 0 aliphatic heterocycles. The summed E-state index contributed by atoms with van der Waals surface area (Å²) in [5.74, 6) is -0.359. The molecule has 0 spiro atoms. The Hall–Kier alpha value is -3.06. The Morgan fingerprint density at radius 2 is 1.79 bits per heavy atom. The van der Waals surface area contributed by atoms with Gasteiger partial charge in [-0.25, -0.2) is 9.48 Å². The Morgan fingerprint density at radius 3 is 2.46 bits per heavy atom. The monoisotopic (exact) mass is 394 g/mol. The van der Waals surface area contributed by atoms with Crippen molar-refractivity contribution < 1.29 is 9.53 Å². The van der Waals surface area contributed by atoms with Crippen LogP contribution in [0, 0.1) is 6.92 Å². The van der Waals surface area contributed by atoms with E-state index in [0.717, 1.165) is 41.3 Å². The molecule has 28 heavy (non-hydrogen) atoms. The zero-order chi connectivity index (χ0) is 19.9. The van der Waals surface area contributed by atoms with Gasteiger partial charge in [0.05, 0.1) is 30.3 Å². The number of esters is 1. The van der Waals surface area contributed by atoms with E-state index in [1.807, 2.05) is 30.5 Å². The number of rotatable bonds is 7. The lowest BCUT2D eigenvalue weighted by atomic mass is 10.1. The summed E-state index contributed by atoms with van der Waals surface area (Å²) in [7, 11) is 1.36. The van der Waals surface area contributed by atoms with Crippen LogP contribution in [0.1, 0.15) is 33.6 Å². The minimum absolute atomic E-state index is 0.359. The molecule has 0 saturated carbocycles. The van der Waals surface area contributed by atoms with Crippen LogP contribution in [0.4, 0.5) is 0 Å². The molecule has 0 amide bonds. The average Bonchev–Trinajstić information content (AvgIpc) is 3.20. The summed E-state index contributed by atoms with van der Waals surface area (Å²) in [6.07, 6.45) is 3.58. The van der Waals surface area contributed by atoms with E-state index in [-0.39, 0.29) is 5.97 Å². The Bertz CT molecular complexity index is 949. The fourth-order valence-electron chi connectivity index (χ4n) is 2.69. The van der Waals surface area contributed by atoms with Crippen molar-refractivity contribution in [2.45, 2.75) is 19.8 Å². The van der Waals surface area contributed by atoms with Crippen molar-refractivity contribution in [3.63, 3.8) is 0 Å². The van der Waals surface area contributed by atoms with E-state index in [4.69, 9.17) is 17.0 Å². The normalized spacial score (nSPS) is 10.5. The van der Waals surface area contributed by atoms with E-state index < -0.39 is 0 Å². The smallest absolute Gasteiger partial charge is 0.337 e. The van der Waals surface area contributed by atoms with Crippen molar-refractivity contribution in [2.24, 2.45) is 0 Å². The highest BCUT2D eigenvalue weighted by atomic mass is 32.1. The predicted octanol–water partition coefficient (Wildman–Crippen LogP) is 3.26. The number of hydrogen-bond donors (Lipinski definition) is 1. The largest absolute Gasteiger partial charge is 0.465 e. The molecule has 1 heterocycles. The van der Waals surface area contributed by atoms with E-state index >= 15 is 0 Å². The number of aryl methyl sites for hydroxylation is 2. The summed E-state index contributed by atoms with van der Waals surface area (Å²) in [6, 6.07) is 15.2. The third-order valence-electron chi connectivity index (χ3n) is 4.30. The van der Waals surface area contributed by atoms with Crippen molar-refractivity contribution in [2.75, 3.05) is 13.7 Å². The zero-order valence-corrected chi connectivity index (χ0v) is 16.7. The number of thiocarbonyl (C=S) groups is 1. The Kier molecular flexibility index (Phi) is 6.49. The minimum atomic E-state index is -0.359. The van der Waals surface area contributed by atoms with Gasteiger partial charge in [-0.1, -0.05) is 47.3 Å². The van der Waals surface area contributed by atoms with Gasteiger partial charge in [0.2, 0.25) is 0 Å². The molecule has 7 heteroatoms. The maximum atomic E-state index is 11.5. The first-order valence-corrected chi connectivity index (χ1v) is 9.42. The van der Waals surface area contributed by atoms with Gasteiger partial charge < -0.3 is 10.1 Å². The molecule has 3 rings (SSSR count). The Morgan fingerprint density at radius 1 is 1.11 bits per heavy atom. The molecule has 0 saturated heterocycles. The van der Waals surface area contributed by atoms with E-state index in [1.54, 1.807) is 16.8 Å². The molecule has 0 aliphatic carbocycles. The van der Waals surface area contributed by atoms with Crippen molar-refractivity contribution in [3.8, 4) is 5.69 Å². The highest BCUT2D eigenvalue weighted by Gasteiger charge is 2.07. The standard InChI is InChI=1S/C21H22N4O2S/c1-15-5-7-16(8-6-15)20(28)22-13-3-4-18-14-25(24-23-18)19-11-9-17(10-12-19)21(26)27-2/h5-12,14H,3-4,13H2,1-2H3,(H,22,28). The molecule has 0 fully saturated rings. The van der Waals surface area contributed by atoms with Gasteiger partial charge in [0.15, 0.2) is 0 Å². The zero-order valence-electron chi connectivity index (χ0n) is 15.9. The number of carbonyl (C=O) groups is 1. The van der Waals surface area contributed by atoms with Crippen molar-refractivity contribution >= 4 is 23.2 Å². The first-order chi connectivity index (χ1) is 13.6. The van der Waals surface area contributed by atoms with Gasteiger partial charge in [-0.05, 0) is 44.0 Å². The molecule has 0 atom stereocenters. The minimum Gasteiger partial charge on any atom is -0.465 e. The highest BCUT2D eigenvalue weighted by Crippen LogP contribution is 2.11. The second kappa shape index (κ2) is 9.23. The highest BCUT2D eigenvalue weighted by molar-refractivity contribution is 7.80. The molecular weight excluding hydrogens is 372 g/mol. The molecule has 1 aromatic heterocycles. The molecule has 0 unspecified atom stereocenters. The van der Waals surface area contributed by atoms with Crippen LogP contribution >= 0.6 is 12.2 Å². The molecule has 2 aromatic carbocycles. The summed E-state index contributed by atoms with van der Waals surface area (Å²) < 4.78 is 6.40. The quantitative estimate of drug-likeness (QED) is 0.377. The van der Waals surface area contributed by atoms with E-state index in [1.165, 1.54) is 12.7 Å². The van der Waals surface area contributed by atoms with Crippen LogP contribution in [-0.4, -0.2) is 39.6 Å². The maximum absolute atomic E-state index is 11.5. The van der Waals surface area contributed by atoms with Gasteiger partial charge in [0.25, 0.3) is 0 Å². The Labute approximate surface area is 169 Å². The second-order valence-corrected chi connectivity index (χ2v) is 6.83. The molecule has 6 nitrogen and oxygen atoms in total. The number of nitrogens with one attached hydrogen (secondary N) is 1. The summed E-state index contributed by atoms with van der Waals surface area (Å²) in [5, 5.41) is 11.6. The van der Waals surface area contributed by atoms with Crippen LogP contribution in [0.2, 0.25) is 0 Å². The van der Waals surface area contributed by atoms with Gasteiger partial charge in [0, 0.05) is 12.1 Å². The van der Waals surface area contributed by atoms with Crippen LogP contribution in [0.5, 0.6) is 0 Å². The van der Waals surface area contributed by atoms with Crippen LogP contribution in [-0.2, 0) is 11.2 Å². The van der Waals surface area contributed by atoms with Gasteiger partial charge in [-0.15, -0.1) is 5.10 Å². The second-order valence-electron chi connectivity index (χ2n) is 6.42. The number of benzene rings is 2. The predicted molar refractivity (Wildman–Crippen MR) is 112 cm³/mol. The SMILES string of the molecule is COC(=O)c1ccc(-n2cc(CCCNC(=S)c3ccc(C)cc3)nn2)cc1. The van der Waals surface area contributed by atoms with Crippen molar-refractivity contribution in [1.29, 1.82) is 0 Å². The topological polar surface area (TPSA) is 69.0 Å². The molecule has 3 aromatic rings. The van der Waals surface area contributed by atoms with Gasteiger partial charge in [-0.3, -0.25) is 0 Å². The van der Waals surface area contributed by atoms with E-state index in [0.29, 0.717) is 5.56 Å². The average molecular weight is 395 g/mol. The molecule has 0 radical (unpaired) electrons. The fraction of sp³-hybridized carbons (Fsp3) is 0.238. The first kappa shape index (κ1) is 19.7. The number of ether oxygens (including phenoxy) is 1. The van der Waals surface area contributed by atoms with Crippen LogP contribution < -0.4 is 5.32 Å². The number of methoxy groups -OCH3 is 1. The van der Waals surface area contributed by atoms with Crippen molar-refractivity contribution in [3.05, 3.63) is 77.1 Å². The number of aromatic nitrogens is 3. The number of hydrogen-bond acceptors (Lipinski definition) is 5. The van der Waals surface area contributed by atoms with E-state index in [9.17, 15) is 4.79 Å². The first-order valence-electron chi connectivity index (χ1n) is 9.01. The fourth-order valence-corrected chi connectivity index (χ4v) is 2.92. The summed E-state index contributed by atoms with van der Waals surface area (Å²) in [6.45, 7) is 2.83. The summed E-state index contributed by atoms with van der Waals surface area (Å²) >= 11 is 5.42. The molecular formula is C21H22N4O2S. The number of carbonyl (C=O) groups excluding carboxylic acids is 1. The van der Waals surface area contributed by atoms with Crippen LogP contribution in [0.25, 0.3) is 5.69 Å². The summed E-state index contributed by atoms with van der Waals surface area (Å²) in [4.78, 5) is 12.3. The van der Waals surface area contributed by atoms with Crippen LogP contribution in [0.15, 0.2) is 54.7 Å². The van der Waals surface area contributed by atoms with Crippen molar-refractivity contribution in [1.82, 2.24) is 20.3 Å². The number of nitrogens with zero attached hydrogens (tertiary/aromatic N) is 3. The third kappa shape index (κ3) is 5.01. The van der Waals surface area contributed by atoms with Gasteiger partial charge >= 0.3 is 5.97 Å². The molecule has 0 bridgehead atoms. The molecule has 1 N–H and O–H groups in total. The lowest BCUT2D eigenvalue weighted by Crippen LogP contribution is -2.23. The third-order valence-corrected chi connectivity index (χ3v) is 4.68. The van der Waals surface area contributed by atoms with Crippen LogP contribution in [0.3, 0.4) is 0 Å². The maximum Gasteiger partial charge on any atom is 0.337 e. The molecule has 0 aliphatic rings. The Balaban J connectivity index is 1.49. The van der Waals surface area contributed by atoms with Gasteiger partial charge in [-0.2, -0.15) is 0 Å². The van der Waals surface area contributed by atoms with Gasteiger partial charge in [0.1, 0.15) is 4.99 Å². The summed E-state index contributed by atoms with van der Waals surface area (Å²) in [5.41, 5.74) is 4.49.